The third-order valence-corrected chi connectivity index (χ3v) is 3.83. The summed E-state index contributed by atoms with van der Waals surface area (Å²) in [6.45, 7) is 4.51. The number of aromatic nitrogens is 2. The van der Waals surface area contributed by atoms with E-state index in [1.807, 2.05) is 32.0 Å². The Hall–Kier alpha value is -2.73. The van der Waals surface area contributed by atoms with E-state index in [2.05, 4.69) is 9.55 Å². The van der Waals surface area contributed by atoms with Gasteiger partial charge < -0.3 is 10.3 Å². The van der Waals surface area contributed by atoms with Crippen LogP contribution in [0.1, 0.15) is 29.9 Å². The maximum Gasteiger partial charge on any atom is 0.269 e. The molecule has 6 nitrogen and oxygen atoms in total. The Morgan fingerprint density at radius 1 is 1.26 bits per heavy atom. The first-order valence-corrected chi connectivity index (χ1v) is 7.41. The molecule has 0 amide bonds. The number of benzene rings is 2. The van der Waals surface area contributed by atoms with Crippen LogP contribution in [-0.2, 0) is 6.54 Å². The van der Waals surface area contributed by atoms with Crippen LogP contribution in [0.5, 0.6) is 0 Å². The summed E-state index contributed by atoms with van der Waals surface area (Å²) >= 11 is 0. The average Bonchev–Trinajstić information content (AvgIpc) is 2.86. The van der Waals surface area contributed by atoms with Crippen molar-refractivity contribution in [2.75, 3.05) is 0 Å². The number of nitrogens with two attached hydrogens (primary N) is 1. The summed E-state index contributed by atoms with van der Waals surface area (Å²) in [4.78, 5) is 15.0. The summed E-state index contributed by atoms with van der Waals surface area (Å²) in [7, 11) is 0. The number of rotatable bonds is 4. The molecule has 0 bridgehead atoms. The highest BCUT2D eigenvalue weighted by atomic mass is 16.6. The molecule has 1 aromatic heterocycles. The summed E-state index contributed by atoms with van der Waals surface area (Å²) in [5.74, 6) is 0.809. The molecule has 0 saturated carbocycles. The molecular formula is C17H18N4O2. The van der Waals surface area contributed by atoms with Crippen molar-refractivity contribution in [3.05, 3.63) is 69.5 Å². The fourth-order valence-electron chi connectivity index (χ4n) is 2.68. The number of aryl methyl sites for hydroxylation is 1. The first-order chi connectivity index (χ1) is 11.0. The number of imidazole rings is 1. The predicted octanol–water partition coefficient (Wildman–Crippen LogP) is 3.32. The van der Waals surface area contributed by atoms with Gasteiger partial charge in [0.05, 0.1) is 22.0 Å². The molecule has 1 unspecified atom stereocenters. The van der Waals surface area contributed by atoms with Crippen LogP contribution in [0.4, 0.5) is 5.69 Å². The van der Waals surface area contributed by atoms with E-state index in [9.17, 15) is 10.1 Å². The Morgan fingerprint density at radius 3 is 2.57 bits per heavy atom. The molecule has 3 rings (SSSR count). The Bertz CT molecular complexity index is 866. The summed E-state index contributed by atoms with van der Waals surface area (Å²) in [6, 6.07) is 12.5. The van der Waals surface area contributed by atoms with Crippen LogP contribution in [0.25, 0.3) is 11.0 Å². The van der Waals surface area contributed by atoms with Gasteiger partial charge in [0, 0.05) is 18.7 Å². The third-order valence-electron chi connectivity index (χ3n) is 3.83. The molecule has 0 radical (unpaired) electrons. The van der Waals surface area contributed by atoms with E-state index in [-0.39, 0.29) is 11.7 Å². The molecule has 0 saturated heterocycles. The molecule has 3 aromatic rings. The maximum absolute atomic E-state index is 10.8. The lowest BCUT2D eigenvalue weighted by atomic mass is 10.2. The Kier molecular flexibility index (Phi) is 3.83. The molecule has 0 spiro atoms. The normalized spacial score (nSPS) is 12.5. The Morgan fingerprint density at radius 2 is 1.96 bits per heavy atom. The fraction of sp³-hybridized carbons (Fsp3) is 0.235. The number of hydrogen-bond donors (Lipinski definition) is 1. The second kappa shape index (κ2) is 5.81. The predicted molar refractivity (Wildman–Crippen MR) is 89.3 cm³/mol. The van der Waals surface area contributed by atoms with Gasteiger partial charge in [-0.2, -0.15) is 0 Å². The van der Waals surface area contributed by atoms with Gasteiger partial charge in [-0.15, -0.1) is 0 Å². The first-order valence-electron chi connectivity index (χ1n) is 7.41. The van der Waals surface area contributed by atoms with Crippen molar-refractivity contribution in [2.45, 2.75) is 26.4 Å². The second-order valence-electron chi connectivity index (χ2n) is 5.76. The zero-order chi connectivity index (χ0) is 16.6. The zero-order valence-electron chi connectivity index (χ0n) is 13.1. The van der Waals surface area contributed by atoms with Gasteiger partial charge in [-0.05, 0) is 37.1 Å². The number of hydrogen-bond acceptors (Lipinski definition) is 4. The van der Waals surface area contributed by atoms with Gasteiger partial charge in [0.2, 0.25) is 0 Å². The highest BCUT2D eigenvalue weighted by Crippen LogP contribution is 2.23. The second-order valence-corrected chi connectivity index (χ2v) is 5.76. The van der Waals surface area contributed by atoms with Crippen LogP contribution in [0.15, 0.2) is 42.5 Å². The van der Waals surface area contributed by atoms with Crippen LogP contribution in [0.3, 0.4) is 0 Å². The summed E-state index contributed by atoms with van der Waals surface area (Å²) in [5.41, 5.74) is 10.2. The summed E-state index contributed by atoms with van der Waals surface area (Å²) in [5, 5.41) is 10.8. The first kappa shape index (κ1) is 15.2. The minimum atomic E-state index is -0.396. The lowest BCUT2D eigenvalue weighted by Crippen LogP contribution is -2.14. The van der Waals surface area contributed by atoms with Gasteiger partial charge in [0.15, 0.2) is 0 Å². The molecule has 0 aliphatic heterocycles. The van der Waals surface area contributed by atoms with Crippen LogP contribution >= 0.6 is 0 Å². The van der Waals surface area contributed by atoms with Crippen LogP contribution in [0.2, 0.25) is 0 Å². The van der Waals surface area contributed by atoms with Gasteiger partial charge in [0.25, 0.3) is 5.69 Å². The van der Waals surface area contributed by atoms with Crippen molar-refractivity contribution in [2.24, 2.45) is 5.73 Å². The van der Waals surface area contributed by atoms with E-state index >= 15 is 0 Å². The van der Waals surface area contributed by atoms with E-state index in [0.29, 0.717) is 6.54 Å². The van der Waals surface area contributed by atoms with Crippen LogP contribution in [-0.4, -0.2) is 14.5 Å². The van der Waals surface area contributed by atoms with Crippen molar-refractivity contribution in [3.63, 3.8) is 0 Å². The molecule has 1 heterocycles. The van der Waals surface area contributed by atoms with E-state index in [0.717, 1.165) is 28.0 Å². The van der Waals surface area contributed by atoms with Crippen molar-refractivity contribution in [1.29, 1.82) is 0 Å². The van der Waals surface area contributed by atoms with E-state index in [1.165, 1.54) is 12.1 Å². The van der Waals surface area contributed by atoms with E-state index in [1.54, 1.807) is 12.1 Å². The molecular weight excluding hydrogens is 292 g/mol. The number of non-ortho nitro benzene ring substituents is 1. The number of nitro groups is 1. The highest BCUT2D eigenvalue weighted by Gasteiger charge is 2.15. The quantitative estimate of drug-likeness (QED) is 0.591. The van der Waals surface area contributed by atoms with Gasteiger partial charge in [-0.1, -0.05) is 18.2 Å². The standard InChI is InChI=1S/C17H18N4O2/c1-11-3-8-16-15(9-11)19-17(12(2)18)20(16)10-13-4-6-14(7-5-13)21(22)23/h3-9,12H,10,18H2,1-2H3. The summed E-state index contributed by atoms with van der Waals surface area (Å²) < 4.78 is 2.07. The number of fused-ring (bicyclic) bond motifs is 1. The highest BCUT2D eigenvalue weighted by molar-refractivity contribution is 5.77. The molecule has 0 aliphatic rings. The van der Waals surface area contributed by atoms with Gasteiger partial charge in [-0.25, -0.2) is 4.98 Å². The topological polar surface area (TPSA) is 87.0 Å². The molecule has 6 heteroatoms. The Balaban J connectivity index is 2.04. The van der Waals surface area contributed by atoms with Crippen LogP contribution in [0, 0.1) is 17.0 Å². The largest absolute Gasteiger partial charge is 0.322 e. The van der Waals surface area contributed by atoms with Crippen molar-refractivity contribution >= 4 is 16.7 Å². The molecule has 2 aromatic carbocycles. The van der Waals surface area contributed by atoms with E-state index in [4.69, 9.17) is 5.73 Å². The monoisotopic (exact) mass is 310 g/mol. The lowest BCUT2D eigenvalue weighted by Gasteiger charge is -2.11. The minimum absolute atomic E-state index is 0.0901. The maximum atomic E-state index is 10.8. The molecule has 23 heavy (non-hydrogen) atoms. The number of nitro benzene ring substituents is 1. The van der Waals surface area contributed by atoms with Gasteiger partial charge in [-0.3, -0.25) is 10.1 Å². The molecule has 1 atom stereocenters. The van der Waals surface area contributed by atoms with Crippen LogP contribution < -0.4 is 5.73 Å². The molecule has 0 aliphatic carbocycles. The lowest BCUT2D eigenvalue weighted by molar-refractivity contribution is -0.384. The smallest absolute Gasteiger partial charge is 0.269 e. The SMILES string of the molecule is Cc1ccc2c(c1)nc(C(C)N)n2Cc1ccc([N+](=O)[O-])cc1. The fourth-order valence-corrected chi connectivity index (χ4v) is 2.68. The van der Waals surface area contributed by atoms with E-state index < -0.39 is 4.92 Å². The van der Waals surface area contributed by atoms with Crippen molar-refractivity contribution in [1.82, 2.24) is 9.55 Å². The average molecular weight is 310 g/mol. The van der Waals surface area contributed by atoms with Crippen molar-refractivity contribution < 1.29 is 4.92 Å². The molecule has 0 fully saturated rings. The zero-order valence-corrected chi connectivity index (χ0v) is 13.1. The number of nitrogens with zero attached hydrogens (tertiary/aromatic N) is 3. The van der Waals surface area contributed by atoms with Crippen molar-refractivity contribution in [3.8, 4) is 0 Å². The molecule has 118 valence electrons. The molecule has 2 N–H and O–H groups in total. The summed E-state index contributed by atoms with van der Waals surface area (Å²) in [6.07, 6.45) is 0. The van der Waals surface area contributed by atoms with Gasteiger partial charge in [0.1, 0.15) is 5.82 Å². The third kappa shape index (κ3) is 2.93. The van der Waals surface area contributed by atoms with Gasteiger partial charge >= 0.3 is 0 Å². The minimum Gasteiger partial charge on any atom is -0.322 e. The Labute approximate surface area is 133 Å².